The van der Waals surface area contributed by atoms with Gasteiger partial charge in [-0.15, -0.1) is 0 Å². The van der Waals surface area contributed by atoms with Crippen LogP contribution in [0.4, 0.5) is 34.5 Å². The number of halogens is 8. The van der Waals surface area contributed by atoms with Crippen LogP contribution < -0.4 is 10.6 Å². The van der Waals surface area contributed by atoms with E-state index in [-0.39, 0.29) is 0 Å². The average molecular weight is 336 g/mol. The molecule has 0 aromatic carbocycles. The van der Waals surface area contributed by atoms with Crippen molar-refractivity contribution < 1.29 is 45.2 Å². The molecule has 0 aromatic heterocycles. The van der Waals surface area contributed by atoms with Crippen LogP contribution in [0, 0.1) is 0 Å². The van der Waals surface area contributed by atoms with E-state index in [9.17, 15) is 34.5 Å². The lowest BCUT2D eigenvalue weighted by Crippen LogP contribution is -3.02. The normalized spacial score (nSPS) is 10.6. The number of hydrogen-bond acceptors (Lipinski definition) is 0. The second-order valence-corrected chi connectivity index (χ2v) is 4.40. The molecule has 21 heavy (non-hydrogen) atoms. The quantitative estimate of drug-likeness (QED) is 0.448. The molecule has 0 fully saturated rings. The van der Waals surface area contributed by atoms with E-state index < -0.39 is 14.5 Å². The van der Waals surface area contributed by atoms with E-state index in [1.165, 1.54) is 30.6 Å². The second-order valence-electron chi connectivity index (χ2n) is 4.40. The summed E-state index contributed by atoms with van der Waals surface area (Å²) in [6.07, 6.45) is 5.41. The summed E-state index contributed by atoms with van der Waals surface area (Å²) in [5.41, 5.74) is 3.76. The first-order valence-corrected chi connectivity index (χ1v) is 6.45. The van der Waals surface area contributed by atoms with E-state index in [1.54, 1.807) is 0 Å². The molecule has 0 heterocycles. The Balaban J connectivity index is -0.0000000939. The molecule has 0 bridgehead atoms. The van der Waals surface area contributed by atoms with Gasteiger partial charge in [-0.1, -0.05) is 19.8 Å². The molecule has 0 rings (SSSR count). The lowest BCUT2D eigenvalue weighted by Gasteiger charge is -1.94. The number of nitrogens with one attached hydrogen (secondary N) is 1. The van der Waals surface area contributed by atoms with Gasteiger partial charge in [-0.2, -0.15) is 0 Å². The number of quaternary nitrogens is 2. The standard InChI is InChI=1S/C6H15N.C3H9N.2BF4/c1-2-3-4-5-6-7;1-4(2)3;2*2-1(3,4)5/h2-7H2,1H3;1-3H3;;/q;;2*-1/p+2. The minimum Gasteiger partial charge on any atom is -0.418 e. The molecule has 4 N–H and O–H groups in total. The molecule has 0 saturated carbocycles. The summed E-state index contributed by atoms with van der Waals surface area (Å²) < 4.78 is 78.0. The fourth-order valence-corrected chi connectivity index (χ4v) is 0.604. The van der Waals surface area contributed by atoms with E-state index in [1.807, 2.05) is 0 Å². The smallest absolute Gasteiger partial charge is 0.418 e. The van der Waals surface area contributed by atoms with Crippen molar-refractivity contribution in [3.8, 4) is 0 Å². The summed E-state index contributed by atoms with van der Waals surface area (Å²) >= 11 is 0. The molecule has 0 aliphatic rings. The Labute approximate surface area is 121 Å². The van der Waals surface area contributed by atoms with Gasteiger partial charge >= 0.3 is 14.5 Å². The van der Waals surface area contributed by atoms with Crippen LogP contribution >= 0.6 is 0 Å². The molecule has 0 aliphatic carbocycles. The third-order valence-electron chi connectivity index (χ3n) is 1.10. The van der Waals surface area contributed by atoms with E-state index in [2.05, 4.69) is 33.8 Å². The lowest BCUT2D eigenvalue weighted by atomic mass is 10.2. The second kappa shape index (κ2) is 17.5. The summed E-state index contributed by atoms with van der Waals surface area (Å²) in [5.74, 6) is 0. The first kappa shape index (κ1) is 28.6. The highest BCUT2D eigenvalue weighted by atomic mass is 19.5. The lowest BCUT2D eigenvalue weighted by molar-refractivity contribution is -0.836. The summed E-state index contributed by atoms with van der Waals surface area (Å²) in [6.45, 7) is 3.34. The molecular weight excluding hydrogens is 310 g/mol. The third kappa shape index (κ3) is 490. The largest absolute Gasteiger partial charge is 0.673 e. The zero-order valence-electron chi connectivity index (χ0n) is 12.9. The van der Waals surface area contributed by atoms with Crippen LogP contribution in [0.2, 0.25) is 0 Å². The van der Waals surface area contributed by atoms with E-state index in [4.69, 9.17) is 0 Å². The Morgan fingerprint density at radius 2 is 0.952 bits per heavy atom. The first-order chi connectivity index (χ1) is 9.15. The molecule has 0 spiro atoms. The minimum absolute atomic E-state index is 1.11. The maximum atomic E-state index is 9.75. The predicted octanol–water partition coefficient (Wildman–Crippen LogP) is 2.17. The molecule has 0 saturated heterocycles. The van der Waals surface area contributed by atoms with Crippen molar-refractivity contribution in [1.82, 2.24) is 0 Å². The Morgan fingerprint density at radius 1 is 0.714 bits per heavy atom. The third-order valence-corrected chi connectivity index (χ3v) is 1.10. The SMILES string of the molecule is CCCCCC[NH3+].C[NH+](C)C.F[B-](F)(F)F.F[B-](F)(F)F. The molecule has 134 valence electrons. The van der Waals surface area contributed by atoms with Crippen molar-refractivity contribution >= 4 is 14.5 Å². The van der Waals surface area contributed by atoms with Crippen molar-refractivity contribution in [3.05, 3.63) is 0 Å². The fourth-order valence-electron chi connectivity index (χ4n) is 0.604. The zero-order valence-corrected chi connectivity index (χ0v) is 12.9. The Kier molecular flexibility index (Phi) is 23.9. The average Bonchev–Trinajstić information content (AvgIpc) is 2.12. The van der Waals surface area contributed by atoms with Gasteiger partial charge in [0.2, 0.25) is 0 Å². The maximum Gasteiger partial charge on any atom is 0.673 e. The molecule has 0 aromatic rings. The van der Waals surface area contributed by atoms with Gasteiger partial charge < -0.3 is 45.2 Å². The van der Waals surface area contributed by atoms with E-state index >= 15 is 0 Å². The Morgan fingerprint density at radius 3 is 1.10 bits per heavy atom. The van der Waals surface area contributed by atoms with Crippen LogP contribution in [0.3, 0.4) is 0 Å². The highest BCUT2D eigenvalue weighted by Gasteiger charge is 2.21. The van der Waals surface area contributed by atoms with Crippen molar-refractivity contribution in [1.29, 1.82) is 0 Å². The Bertz CT molecular complexity index is 157. The van der Waals surface area contributed by atoms with Gasteiger partial charge in [0.1, 0.15) is 0 Å². The van der Waals surface area contributed by atoms with Gasteiger partial charge in [0, 0.05) is 0 Å². The van der Waals surface area contributed by atoms with Crippen molar-refractivity contribution in [2.24, 2.45) is 0 Å². The maximum absolute atomic E-state index is 9.75. The monoisotopic (exact) mass is 336 g/mol. The van der Waals surface area contributed by atoms with Crippen LogP contribution in [0.25, 0.3) is 0 Å². The van der Waals surface area contributed by atoms with Crippen molar-refractivity contribution in [2.75, 3.05) is 27.7 Å². The van der Waals surface area contributed by atoms with Gasteiger partial charge in [-0.25, -0.2) is 0 Å². The number of rotatable bonds is 4. The zero-order chi connectivity index (χ0) is 18.1. The van der Waals surface area contributed by atoms with Gasteiger partial charge in [0.25, 0.3) is 0 Å². The summed E-state index contributed by atoms with van der Waals surface area (Å²) in [7, 11) is -5.75. The van der Waals surface area contributed by atoms with Gasteiger partial charge in [0.05, 0.1) is 27.7 Å². The van der Waals surface area contributed by atoms with E-state index in [0.717, 1.165) is 6.54 Å². The molecule has 0 radical (unpaired) electrons. The van der Waals surface area contributed by atoms with Crippen LogP contribution in [-0.2, 0) is 0 Å². The first-order valence-electron chi connectivity index (χ1n) is 6.45. The van der Waals surface area contributed by atoms with Gasteiger partial charge in [-0.3, -0.25) is 0 Å². The van der Waals surface area contributed by atoms with Crippen molar-refractivity contribution in [2.45, 2.75) is 32.6 Å². The predicted molar refractivity (Wildman–Crippen MR) is 71.0 cm³/mol. The molecule has 12 heteroatoms. The molecule has 0 aliphatic heterocycles. The summed E-state index contributed by atoms with van der Waals surface area (Å²) in [4.78, 5) is 1.42. The van der Waals surface area contributed by atoms with Crippen LogP contribution in [0.5, 0.6) is 0 Å². The molecule has 0 amide bonds. The van der Waals surface area contributed by atoms with Crippen LogP contribution in [0.15, 0.2) is 0 Å². The van der Waals surface area contributed by atoms with E-state index in [0.29, 0.717) is 0 Å². The Hall–Kier alpha value is -0.510. The van der Waals surface area contributed by atoms with Crippen molar-refractivity contribution in [3.63, 3.8) is 0 Å². The topological polar surface area (TPSA) is 32.1 Å². The number of unbranched alkanes of at least 4 members (excludes halogenated alkanes) is 3. The molecular formula is C9H26B2F8N2. The molecule has 0 unspecified atom stereocenters. The number of hydrogen-bond donors (Lipinski definition) is 2. The van der Waals surface area contributed by atoms with Gasteiger partial charge in [0.15, 0.2) is 0 Å². The minimum atomic E-state index is -6.00. The molecule has 2 nitrogen and oxygen atoms in total. The van der Waals surface area contributed by atoms with Gasteiger partial charge in [-0.05, 0) is 12.8 Å². The summed E-state index contributed by atoms with van der Waals surface area (Å²) in [6, 6.07) is 0. The van der Waals surface area contributed by atoms with Crippen LogP contribution in [-0.4, -0.2) is 42.2 Å². The summed E-state index contributed by atoms with van der Waals surface area (Å²) in [5, 5.41) is 0. The highest BCUT2D eigenvalue weighted by molar-refractivity contribution is 6.50. The fraction of sp³-hybridized carbons (Fsp3) is 1.00. The highest BCUT2D eigenvalue weighted by Crippen LogP contribution is 2.07. The molecule has 0 atom stereocenters. The van der Waals surface area contributed by atoms with Crippen LogP contribution in [0.1, 0.15) is 32.6 Å².